The molecule has 112 valence electrons. The first kappa shape index (κ1) is 13.5. The number of hydrogen-bond donors (Lipinski definition) is 0. The lowest BCUT2D eigenvalue weighted by atomic mass is 10.2. The molecular formula is C16H21ClN4. The second-order valence-electron chi connectivity index (χ2n) is 6.42. The highest BCUT2D eigenvalue weighted by Gasteiger charge is 2.36. The summed E-state index contributed by atoms with van der Waals surface area (Å²) in [4.78, 5) is 12.0. The maximum atomic E-state index is 6.40. The Labute approximate surface area is 130 Å². The average molecular weight is 305 g/mol. The van der Waals surface area contributed by atoms with Crippen LogP contribution in [0, 0.1) is 6.92 Å². The summed E-state index contributed by atoms with van der Waals surface area (Å²) in [5, 5.41) is -0.0893. The van der Waals surface area contributed by atoms with Crippen LogP contribution in [0.3, 0.4) is 0 Å². The van der Waals surface area contributed by atoms with E-state index in [1.54, 1.807) is 0 Å². The number of imidazole rings is 1. The molecule has 21 heavy (non-hydrogen) atoms. The summed E-state index contributed by atoms with van der Waals surface area (Å²) < 4.78 is 2.31. The number of fused-ring (bicyclic) bond motifs is 1. The van der Waals surface area contributed by atoms with E-state index < -0.39 is 0 Å². The van der Waals surface area contributed by atoms with Crippen LogP contribution in [0.15, 0.2) is 12.3 Å². The van der Waals surface area contributed by atoms with E-state index in [1.165, 1.54) is 31.4 Å². The number of aryl methyl sites for hydroxylation is 1. The molecule has 1 aliphatic heterocycles. The summed E-state index contributed by atoms with van der Waals surface area (Å²) >= 11 is 6.40. The largest absolute Gasteiger partial charge is 0.307 e. The molecule has 2 unspecified atom stereocenters. The third-order valence-corrected chi connectivity index (χ3v) is 4.98. The number of likely N-dealkylation sites (tertiary alicyclic amines) is 1. The van der Waals surface area contributed by atoms with Crippen molar-refractivity contribution in [3.05, 3.63) is 23.7 Å². The predicted octanol–water partition coefficient (Wildman–Crippen LogP) is 3.45. The Morgan fingerprint density at radius 2 is 2.10 bits per heavy atom. The second-order valence-corrected chi connectivity index (χ2v) is 7.08. The Hall–Kier alpha value is -1.13. The number of alkyl halides is 1. The average Bonchev–Trinajstić information content (AvgIpc) is 3.05. The van der Waals surface area contributed by atoms with Gasteiger partial charge in [-0.3, -0.25) is 4.90 Å². The van der Waals surface area contributed by atoms with Gasteiger partial charge in [-0.1, -0.05) is 0 Å². The Bertz CT molecular complexity index is 674. The highest BCUT2D eigenvalue weighted by atomic mass is 35.5. The van der Waals surface area contributed by atoms with Crippen LogP contribution >= 0.6 is 11.6 Å². The van der Waals surface area contributed by atoms with Gasteiger partial charge in [-0.05, 0) is 44.7 Å². The van der Waals surface area contributed by atoms with Gasteiger partial charge in [-0.2, -0.15) is 0 Å². The standard InChI is InChI=1S/C16H21ClN4/c1-10-5-7-18-16-14(10)19-15(11(2)17)21(16)13-6-8-20(9-13)12-3-4-12/h5,7,11-13H,3-4,6,8-9H2,1-2H3. The van der Waals surface area contributed by atoms with E-state index in [9.17, 15) is 0 Å². The minimum atomic E-state index is -0.0893. The zero-order valence-corrected chi connectivity index (χ0v) is 13.3. The highest BCUT2D eigenvalue weighted by molar-refractivity contribution is 6.20. The molecule has 1 aliphatic carbocycles. The quantitative estimate of drug-likeness (QED) is 0.815. The van der Waals surface area contributed by atoms with Gasteiger partial charge in [-0.15, -0.1) is 11.6 Å². The zero-order chi connectivity index (χ0) is 14.6. The molecule has 3 heterocycles. The minimum Gasteiger partial charge on any atom is -0.307 e. The van der Waals surface area contributed by atoms with E-state index in [-0.39, 0.29) is 5.38 Å². The Morgan fingerprint density at radius 1 is 1.29 bits per heavy atom. The Balaban J connectivity index is 1.79. The lowest BCUT2D eigenvalue weighted by Crippen LogP contribution is -2.24. The van der Waals surface area contributed by atoms with Crippen LogP contribution in [0.1, 0.15) is 49.0 Å². The smallest absolute Gasteiger partial charge is 0.160 e. The molecular weight excluding hydrogens is 284 g/mol. The molecule has 0 radical (unpaired) electrons. The molecule has 0 amide bonds. The van der Waals surface area contributed by atoms with Gasteiger partial charge in [0.1, 0.15) is 11.3 Å². The van der Waals surface area contributed by atoms with E-state index in [4.69, 9.17) is 16.6 Å². The molecule has 2 atom stereocenters. The van der Waals surface area contributed by atoms with Crippen molar-refractivity contribution in [3.63, 3.8) is 0 Å². The summed E-state index contributed by atoms with van der Waals surface area (Å²) in [6.07, 6.45) is 5.79. The molecule has 0 bridgehead atoms. The van der Waals surface area contributed by atoms with Crippen LogP contribution in [0.4, 0.5) is 0 Å². The van der Waals surface area contributed by atoms with E-state index in [0.717, 1.165) is 29.6 Å². The monoisotopic (exact) mass is 304 g/mol. The first-order valence-electron chi connectivity index (χ1n) is 7.86. The number of rotatable bonds is 3. The minimum absolute atomic E-state index is 0.0893. The first-order valence-corrected chi connectivity index (χ1v) is 8.30. The molecule has 1 saturated heterocycles. The van der Waals surface area contributed by atoms with Crippen molar-refractivity contribution in [2.45, 2.75) is 50.6 Å². The van der Waals surface area contributed by atoms with E-state index in [1.807, 2.05) is 19.2 Å². The summed E-state index contributed by atoms with van der Waals surface area (Å²) in [6.45, 7) is 6.40. The van der Waals surface area contributed by atoms with Crippen molar-refractivity contribution in [3.8, 4) is 0 Å². The van der Waals surface area contributed by atoms with Crippen LogP contribution in [0.5, 0.6) is 0 Å². The predicted molar refractivity (Wildman–Crippen MR) is 84.8 cm³/mol. The van der Waals surface area contributed by atoms with Crippen LogP contribution in [-0.4, -0.2) is 38.6 Å². The maximum Gasteiger partial charge on any atom is 0.160 e. The zero-order valence-electron chi connectivity index (χ0n) is 12.6. The summed E-state index contributed by atoms with van der Waals surface area (Å²) in [7, 11) is 0. The number of hydrogen-bond acceptors (Lipinski definition) is 3. The molecule has 1 saturated carbocycles. The molecule has 5 heteroatoms. The summed E-state index contributed by atoms with van der Waals surface area (Å²) in [6, 6.07) is 3.31. The maximum absolute atomic E-state index is 6.40. The molecule has 0 spiro atoms. The number of nitrogens with zero attached hydrogens (tertiary/aromatic N) is 4. The molecule has 2 aromatic heterocycles. The van der Waals surface area contributed by atoms with Gasteiger partial charge in [0, 0.05) is 25.3 Å². The Morgan fingerprint density at radius 3 is 2.81 bits per heavy atom. The van der Waals surface area contributed by atoms with E-state index >= 15 is 0 Å². The molecule has 4 nitrogen and oxygen atoms in total. The molecule has 2 fully saturated rings. The van der Waals surface area contributed by atoms with Crippen molar-refractivity contribution in [2.75, 3.05) is 13.1 Å². The van der Waals surface area contributed by atoms with Crippen LogP contribution in [-0.2, 0) is 0 Å². The van der Waals surface area contributed by atoms with Gasteiger partial charge in [0.2, 0.25) is 0 Å². The molecule has 4 rings (SSSR count). The van der Waals surface area contributed by atoms with Crippen molar-refractivity contribution < 1.29 is 0 Å². The second kappa shape index (κ2) is 4.96. The van der Waals surface area contributed by atoms with Gasteiger partial charge in [-0.25, -0.2) is 9.97 Å². The van der Waals surface area contributed by atoms with Gasteiger partial charge < -0.3 is 4.57 Å². The third-order valence-electron chi connectivity index (χ3n) is 4.79. The number of pyridine rings is 1. The normalized spacial score (nSPS) is 24.8. The molecule has 2 aromatic rings. The van der Waals surface area contributed by atoms with E-state index in [0.29, 0.717) is 6.04 Å². The number of halogens is 1. The summed E-state index contributed by atoms with van der Waals surface area (Å²) in [5.41, 5.74) is 3.18. The lowest BCUT2D eigenvalue weighted by Gasteiger charge is -2.18. The van der Waals surface area contributed by atoms with Crippen LogP contribution in [0.25, 0.3) is 11.2 Å². The Kier molecular flexibility index (Phi) is 3.19. The van der Waals surface area contributed by atoms with E-state index in [2.05, 4.69) is 21.4 Å². The fraction of sp³-hybridized carbons (Fsp3) is 0.625. The topological polar surface area (TPSA) is 34.0 Å². The van der Waals surface area contributed by atoms with Crippen molar-refractivity contribution in [1.82, 2.24) is 19.4 Å². The van der Waals surface area contributed by atoms with Crippen molar-refractivity contribution in [1.29, 1.82) is 0 Å². The lowest BCUT2D eigenvalue weighted by molar-refractivity contribution is 0.313. The molecule has 0 aromatic carbocycles. The van der Waals surface area contributed by atoms with Crippen LogP contribution in [0.2, 0.25) is 0 Å². The van der Waals surface area contributed by atoms with Gasteiger partial charge >= 0.3 is 0 Å². The van der Waals surface area contributed by atoms with Crippen molar-refractivity contribution >= 4 is 22.8 Å². The van der Waals surface area contributed by atoms with Gasteiger partial charge in [0.05, 0.1) is 11.4 Å². The fourth-order valence-corrected chi connectivity index (χ4v) is 3.67. The SMILES string of the molecule is Cc1ccnc2c1nc(C(C)Cl)n2C1CCN(C2CC2)C1. The van der Waals surface area contributed by atoms with Crippen molar-refractivity contribution in [2.24, 2.45) is 0 Å². The first-order chi connectivity index (χ1) is 10.1. The number of aromatic nitrogens is 3. The molecule has 2 aliphatic rings. The fourth-order valence-electron chi connectivity index (χ4n) is 3.52. The van der Waals surface area contributed by atoms with Crippen LogP contribution < -0.4 is 0 Å². The third kappa shape index (κ3) is 2.25. The highest BCUT2D eigenvalue weighted by Crippen LogP contribution is 2.36. The summed E-state index contributed by atoms with van der Waals surface area (Å²) in [5.74, 6) is 0.969. The molecule has 0 N–H and O–H groups in total. The van der Waals surface area contributed by atoms with Gasteiger partial charge in [0.15, 0.2) is 5.65 Å². The van der Waals surface area contributed by atoms with Gasteiger partial charge in [0.25, 0.3) is 0 Å².